The van der Waals surface area contributed by atoms with Crippen molar-refractivity contribution in [1.82, 2.24) is 23.8 Å². The third-order valence-electron chi connectivity index (χ3n) is 3.69. The molecule has 1 fully saturated rings. The number of sulfonamides is 1. The molecule has 8 heteroatoms. The molecule has 1 atom stereocenters. The minimum Gasteiger partial charge on any atom is -0.339 e. The molecule has 1 unspecified atom stereocenters. The molecule has 0 bridgehead atoms. The first kappa shape index (κ1) is 14.2. The number of hydrogen-bond acceptors (Lipinski definition) is 5. The van der Waals surface area contributed by atoms with Crippen LogP contribution in [0.15, 0.2) is 29.9 Å². The topological polar surface area (TPSA) is 81.0 Å². The molecule has 0 radical (unpaired) electrons. The van der Waals surface area contributed by atoms with E-state index in [1.165, 1.54) is 16.8 Å². The summed E-state index contributed by atoms with van der Waals surface area (Å²) in [5, 5.41) is 0.0819. The number of aryl methyl sites for hydroxylation is 2. The van der Waals surface area contributed by atoms with Gasteiger partial charge in [-0.3, -0.25) is 9.97 Å². The largest absolute Gasteiger partial charge is 0.339 e. The molecule has 0 aliphatic carbocycles. The number of nitrogens with zero attached hydrogens (tertiary/aromatic N) is 5. The maximum atomic E-state index is 12.7. The predicted molar refractivity (Wildman–Crippen MR) is 75.8 cm³/mol. The van der Waals surface area contributed by atoms with Crippen molar-refractivity contribution >= 4 is 10.0 Å². The molecule has 0 N–H and O–H groups in total. The van der Waals surface area contributed by atoms with Gasteiger partial charge in [0, 0.05) is 32.2 Å². The van der Waals surface area contributed by atoms with Crippen molar-refractivity contribution in [1.29, 1.82) is 0 Å². The van der Waals surface area contributed by atoms with Crippen LogP contribution in [0.3, 0.4) is 0 Å². The molecule has 2 aromatic rings. The highest BCUT2D eigenvalue weighted by molar-refractivity contribution is 7.89. The molecular weight excluding hydrogens is 290 g/mol. The van der Waals surface area contributed by atoms with Gasteiger partial charge in [0.2, 0.25) is 0 Å². The van der Waals surface area contributed by atoms with Gasteiger partial charge in [0.05, 0.1) is 23.8 Å². The highest BCUT2D eigenvalue weighted by atomic mass is 32.2. The van der Waals surface area contributed by atoms with E-state index in [0.29, 0.717) is 6.54 Å². The van der Waals surface area contributed by atoms with E-state index in [9.17, 15) is 8.42 Å². The summed E-state index contributed by atoms with van der Waals surface area (Å²) < 4.78 is 28.6. The van der Waals surface area contributed by atoms with Crippen LogP contribution < -0.4 is 0 Å². The highest BCUT2D eigenvalue weighted by Gasteiger charge is 2.38. The molecular formula is C13H17N5O2S. The van der Waals surface area contributed by atoms with Crippen molar-refractivity contribution < 1.29 is 8.42 Å². The second kappa shape index (κ2) is 5.19. The monoisotopic (exact) mass is 307 g/mol. The summed E-state index contributed by atoms with van der Waals surface area (Å²) in [6, 6.07) is -0.259. The summed E-state index contributed by atoms with van der Waals surface area (Å²) in [4.78, 5) is 12.5. The first-order valence-electron chi connectivity index (χ1n) is 6.77. The van der Waals surface area contributed by atoms with Crippen LogP contribution in [0.4, 0.5) is 0 Å². The Kier molecular flexibility index (Phi) is 3.50. The van der Waals surface area contributed by atoms with E-state index in [2.05, 4.69) is 15.0 Å². The number of imidazole rings is 1. The SMILES string of the molecule is Cc1nccnc1C1CCCN1S(=O)(=O)c1cn(C)cn1. The van der Waals surface area contributed by atoms with Crippen LogP contribution in [0.1, 0.15) is 30.3 Å². The lowest BCUT2D eigenvalue weighted by atomic mass is 10.1. The minimum absolute atomic E-state index is 0.0819. The van der Waals surface area contributed by atoms with Gasteiger partial charge in [0.15, 0.2) is 5.03 Å². The highest BCUT2D eigenvalue weighted by Crippen LogP contribution is 2.35. The summed E-state index contributed by atoms with van der Waals surface area (Å²) in [6.07, 6.45) is 7.80. The van der Waals surface area contributed by atoms with Crippen molar-refractivity contribution in [3.63, 3.8) is 0 Å². The molecule has 0 amide bonds. The van der Waals surface area contributed by atoms with Gasteiger partial charge in [0.25, 0.3) is 10.0 Å². The van der Waals surface area contributed by atoms with Crippen molar-refractivity contribution in [3.8, 4) is 0 Å². The fourth-order valence-corrected chi connectivity index (χ4v) is 4.32. The minimum atomic E-state index is -3.60. The van der Waals surface area contributed by atoms with Gasteiger partial charge in [-0.05, 0) is 19.8 Å². The van der Waals surface area contributed by atoms with E-state index in [1.807, 2.05) is 6.92 Å². The van der Waals surface area contributed by atoms with E-state index >= 15 is 0 Å². The van der Waals surface area contributed by atoms with Crippen molar-refractivity contribution in [3.05, 3.63) is 36.3 Å². The molecule has 3 rings (SSSR count). The summed E-state index contributed by atoms with van der Waals surface area (Å²) in [5.41, 5.74) is 1.50. The van der Waals surface area contributed by atoms with Crippen LogP contribution in [0.25, 0.3) is 0 Å². The fraction of sp³-hybridized carbons (Fsp3) is 0.462. The first-order chi connectivity index (χ1) is 10.00. The zero-order chi connectivity index (χ0) is 15.0. The number of hydrogen-bond donors (Lipinski definition) is 0. The van der Waals surface area contributed by atoms with Crippen LogP contribution in [0.2, 0.25) is 0 Å². The van der Waals surface area contributed by atoms with Crippen LogP contribution in [-0.2, 0) is 17.1 Å². The second-order valence-electron chi connectivity index (χ2n) is 5.18. The van der Waals surface area contributed by atoms with E-state index in [0.717, 1.165) is 24.2 Å². The fourth-order valence-electron chi connectivity index (χ4n) is 2.69. The van der Waals surface area contributed by atoms with E-state index < -0.39 is 10.0 Å². The predicted octanol–water partition coefficient (Wildman–Crippen LogP) is 1.04. The van der Waals surface area contributed by atoms with Gasteiger partial charge in [-0.15, -0.1) is 0 Å². The summed E-state index contributed by atoms with van der Waals surface area (Å²) >= 11 is 0. The maximum absolute atomic E-state index is 12.7. The summed E-state index contributed by atoms with van der Waals surface area (Å²) in [5.74, 6) is 0. The van der Waals surface area contributed by atoms with Gasteiger partial charge in [-0.2, -0.15) is 4.31 Å². The Morgan fingerprint density at radius 3 is 2.67 bits per heavy atom. The van der Waals surface area contributed by atoms with Gasteiger partial charge in [0.1, 0.15) is 0 Å². The normalized spacial score (nSPS) is 20.0. The molecule has 1 aliphatic rings. The summed E-state index contributed by atoms with van der Waals surface area (Å²) in [6.45, 7) is 2.34. The van der Waals surface area contributed by atoms with Gasteiger partial charge >= 0.3 is 0 Å². The molecule has 1 saturated heterocycles. The summed E-state index contributed by atoms with van der Waals surface area (Å²) in [7, 11) is -1.85. The average molecular weight is 307 g/mol. The maximum Gasteiger partial charge on any atom is 0.262 e. The zero-order valence-electron chi connectivity index (χ0n) is 12.0. The zero-order valence-corrected chi connectivity index (χ0v) is 12.8. The lowest BCUT2D eigenvalue weighted by Gasteiger charge is -2.23. The van der Waals surface area contributed by atoms with Gasteiger partial charge < -0.3 is 4.57 Å². The van der Waals surface area contributed by atoms with E-state index in [4.69, 9.17) is 0 Å². The third kappa shape index (κ3) is 2.44. The first-order valence-corrected chi connectivity index (χ1v) is 8.21. The van der Waals surface area contributed by atoms with Gasteiger partial charge in [-0.25, -0.2) is 13.4 Å². The van der Waals surface area contributed by atoms with Crippen LogP contribution in [-0.4, -0.2) is 38.8 Å². The lowest BCUT2D eigenvalue weighted by molar-refractivity contribution is 0.386. The van der Waals surface area contributed by atoms with Crippen LogP contribution in [0, 0.1) is 6.92 Å². The quantitative estimate of drug-likeness (QED) is 0.846. The Bertz CT molecular complexity index is 755. The van der Waals surface area contributed by atoms with Gasteiger partial charge in [-0.1, -0.05) is 0 Å². The smallest absolute Gasteiger partial charge is 0.262 e. The molecule has 1 aliphatic heterocycles. The van der Waals surface area contributed by atoms with Crippen molar-refractivity contribution in [2.24, 2.45) is 7.05 Å². The third-order valence-corrected chi connectivity index (χ3v) is 5.49. The molecule has 2 aromatic heterocycles. The lowest BCUT2D eigenvalue weighted by Crippen LogP contribution is -2.31. The van der Waals surface area contributed by atoms with E-state index in [-0.39, 0.29) is 11.1 Å². The van der Waals surface area contributed by atoms with Crippen LogP contribution in [0.5, 0.6) is 0 Å². The molecule has 0 aromatic carbocycles. The molecule has 0 saturated carbocycles. The van der Waals surface area contributed by atoms with Crippen molar-refractivity contribution in [2.75, 3.05) is 6.54 Å². The van der Waals surface area contributed by atoms with Crippen molar-refractivity contribution in [2.45, 2.75) is 30.8 Å². The number of rotatable bonds is 3. The Labute approximate surface area is 123 Å². The van der Waals surface area contributed by atoms with E-state index in [1.54, 1.807) is 24.0 Å². The van der Waals surface area contributed by atoms with Crippen LogP contribution >= 0.6 is 0 Å². The second-order valence-corrected chi connectivity index (χ2v) is 7.02. The Hall–Kier alpha value is -1.80. The molecule has 112 valence electrons. The Balaban J connectivity index is 2.00. The Morgan fingerprint density at radius 2 is 2.00 bits per heavy atom. The molecule has 21 heavy (non-hydrogen) atoms. The molecule has 7 nitrogen and oxygen atoms in total. The standard InChI is InChI=1S/C13H17N5O2S/c1-10-13(15-6-5-14-10)11-4-3-7-18(11)21(19,20)12-8-17(2)9-16-12/h5-6,8-9,11H,3-4,7H2,1-2H3. The number of aromatic nitrogens is 4. The molecule has 3 heterocycles. The average Bonchev–Trinajstić information content (AvgIpc) is 3.08. The molecule has 0 spiro atoms. The Morgan fingerprint density at radius 1 is 1.24 bits per heavy atom.